The lowest BCUT2D eigenvalue weighted by Crippen LogP contribution is -2.38. The summed E-state index contributed by atoms with van der Waals surface area (Å²) in [6.45, 7) is 12.6. The standard InChI is InChI=1S/C12H24N4/c1-6-10-14-11(7-2)16(15-10)9-8-13-12(3,4)5/h13H,6-9H2,1-5H3. The Kier molecular flexibility index (Phi) is 4.47. The number of nitrogens with zero attached hydrogens (tertiary/aromatic N) is 3. The van der Waals surface area contributed by atoms with Crippen molar-refractivity contribution in [2.45, 2.75) is 59.5 Å². The second-order valence-corrected chi connectivity index (χ2v) is 5.05. The van der Waals surface area contributed by atoms with Crippen LogP contribution in [0.4, 0.5) is 0 Å². The molecule has 1 heterocycles. The van der Waals surface area contributed by atoms with Crippen LogP contribution in [0.15, 0.2) is 0 Å². The second kappa shape index (κ2) is 5.43. The van der Waals surface area contributed by atoms with Crippen molar-refractivity contribution in [1.82, 2.24) is 20.1 Å². The molecule has 92 valence electrons. The fourth-order valence-corrected chi connectivity index (χ4v) is 1.55. The molecule has 1 aromatic heterocycles. The van der Waals surface area contributed by atoms with Gasteiger partial charge < -0.3 is 5.32 Å². The molecule has 0 bridgehead atoms. The molecular formula is C12H24N4. The lowest BCUT2D eigenvalue weighted by Gasteiger charge is -2.20. The SMILES string of the molecule is CCc1nc(CC)n(CCNC(C)(C)C)n1. The van der Waals surface area contributed by atoms with Crippen LogP contribution in [0.2, 0.25) is 0 Å². The molecule has 16 heavy (non-hydrogen) atoms. The smallest absolute Gasteiger partial charge is 0.150 e. The Bertz CT molecular complexity index is 322. The summed E-state index contributed by atoms with van der Waals surface area (Å²) in [4.78, 5) is 4.49. The van der Waals surface area contributed by atoms with E-state index in [1.54, 1.807) is 0 Å². The van der Waals surface area contributed by atoms with E-state index in [2.05, 4.69) is 50.0 Å². The third-order valence-corrected chi connectivity index (χ3v) is 2.40. The molecular weight excluding hydrogens is 200 g/mol. The number of aromatic nitrogens is 3. The van der Waals surface area contributed by atoms with Crippen molar-refractivity contribution < 1.29 is 0 Å². The van der Waals surface area contributed by atoms with Crippen molar-refractivity contribution >= 4 is 0 Å². The Labute approximate surface area is 98.5 Å². The van der Waals surface area contributed by atoms with Crippen LogP contribution in [0, 0.1) is 0 Å². The van der Waals surface area contributed by atoms with Gasteiger partial charge in [-0.1, -0.05) is 13.8 Å². The fraction of sp³-hybridized carbons (Fsp3) is 0.833. The van der Waals surface area contributed by atoms with E-state index in [4.69, 9.17) is 0 Å². The predicted octanol–water partition coefficient (Wildman–Crippen LogP) is 1.79. The molecule has 1 aromatic rings. The second-order valence-electron chi connectivity index (χ2n) is 5.05. The van der Waals surface area contributed by atoms with E-state index in [9.17, 15) is 0 Å². The van der Waals surface area contributed by atoms with Crippen LogP contribution in [-0.4, -0.2) is 26.8 Å². The Morgan fingerprint density at radius 2 is 1.88 bits per heavy atom. The van der Waals surface area contributed by atoms with Crippen molar-refractivity contribution in [3.8, 4) is 0 Å². The highest BCUT2D eigenvalue weighted by Crippen LogP contribution is 2.02. The highest BCUT2D eigenvalue weighted by molar-refractivity contribution is 4.92. The van der Waals surface area contributed by atoms with Crippen LogP contribution in [0.5, 0.6) is 0 Å². The van der Waals surface area contributed by atoms with Gasteiger partial charge in [0.25, 0.3) is 0 Å². The van der Waals surface area contributed by atoms with Gasteiger partial charge in [0.15, 0.2) is 5.82 Å². The minimum absolute atomic E-state index is 0.167. The molecule has 0 unspecified atom stereocenters. The first-order chi connectivity index (χ1) is 7.46. The maximum atomic E-state index is 4.49. The van der Waals surface area contributed by atoms with E-state index in [-0.39, 0.29) is 5.54 Å². The lowest BCUT2D eigenvalue weighted by atomic mass is 10.1. The van der Waals surface area contributed by atoms with E-state index in [1.807, 2.05) is 4.68 Å². The maximum Gasteiger partial charge on any atom is 0.150 e. The summed E-state index contributed by atoms with van der Waals surface area (Å²) in [5, 5.41) is 7.94. The van der Waals surface area contributed by atoms with Gasteiger partial charge in [-0.3, -0.25) is 0 Å². The van der Waals surface area contributed by atoms with Gasteiger partial charge in [-0.2, -0.15) is 5.10 Å². The molecule has 0 spiro atoms. The molecule has 0 aromatic carbocycles. The highest BCUT2D eigenvalue weighted by atomic mass is 15.3. The number of hydrogen-bond acceptors (Lipinski definition) is 3. The normalized spacial score (nSPS) is 12.1. The summed E-state index contributed by atoms with van der Waals surface area (Å²) in [5.41, 5.74) is 0.167. The van der Waals surface area contributed by atoms with Crippen molar-refractivity contribution in [1.29, 1.82) is 0 Å². The van der Waals surface area contributed by atoms with E-state index >= 15 is 0 Å². The first kappa shape index (κ1) is 13.2. The van der Waals surface area contributed by atoms with Gasteiger partial charge in [0.1, 0.15) is 5.82 Å². The van der Waals surface area contributed by atoms with Crippen molar-refractivity contribution in [3.05, 3.63) is 11.6 Å². The molecule has 0 aliphatic carbocycles. The summed E-state index contributed by atoms with van der Waals surface area (Å²) in [7, 11) is 0. The summed E-state index contributed by atoms with van der Waals surface area (Å²) < 4.78 is 2.03. The zero-order valence-electron chi connectivity index (χ0n) is 11.2. The molecule has 0 fully saturated rings. The van der Waals surface area contributed by atoms with E-state index in [0.717, 1.165) is 37.6 Å². The van der Waals surface area contributed by atoms with Gasteiger partial charge in [-0.15, -0.1) is 0 Å². The van der Waals surface area contributed by atoms with Crippen LogP contribution in [0.25, 0.3) is 0 Å². The maximum absolute atomic E-state index is 4.49. The van der Waals surface area contributed by atoms with Crippen molar-refractivity contribution in [2.75, 3.05) is 6.54 Å². The average Bonchev–Trinajstić information content (AvgIpc) is 2.58. The van der Waals surface area contributed by atoms with Gasteiger partial charge in [-0.25, -0.2) is 9.67 Å². The van der Waals surface area contributed by atoms with Crippen LogP contribution in [0.3, 0.4) is 0 Å². The number of aryl methyl sites for hydroxylation is 2. The molecule has 1 rings (SSSR count). The quantitative estimate of drug-likeness (QED) is 0.829. The van der Waals surface area contributed by atoms with Gasteiger partial charge in [0, 0.05) is 24.9 Å². The molecule has 4 heteroatoms. The highest BCUT2D eigenvalue weighted by Gasteiger charge is 2.10. The number of hydrogen-bond donors (Lipinski definition) is 1. The topological polar surface area (TPSA) is 42.7 Å². The first-order valence-electron chi connectivity index (χ1n) is 6.14. The minimum Gasteiger partial charge on any atom is -0.310 e. The summed E-state index contributed by atoms with van der Waals surface area (Å²) in [6, 6.07) is 0. The minimum atomic E-state index is 0.167. The average molecular weight is 224 g/mol. The first-order valence-corrected chi connectivity index (χ1v) is 6.14. The van der Waals surface area contributed by atoms with Crippen LogP contribution in [-0.2, 0) is 19.4 Å². The van der Waals surface area contributed by atoms with Crippen LogP contribution in [0.1, 0.15) is 46.3 Å². The molecule has 0 atom stereocenters. The molecule has 0 saturated heterocycles. The predicted molar refractivity (Wildman–Crippen MR) is 66.5 cm³/mol. The molecule has 0 amide bonds. The van der Waals surface area contributed by atoms with E-state index in [0.29, 0.717) is 0 Å². The summed E-state index contributed by atoms with van der Waals surface area (Å²) >= 11 is 0. The Hall–Kier alpha value is -0.900. The molecule has 1 N–H and O–H groups in total. The van der Waals surface area contributed by atoms with Crippen molar-refractivity contribution in [2.24, 2.45) is 0 Å². The molecule has 4 nitrogen and oxygen atoms in total. The zero-order valence-corrected chi connectivity index (χ0v) is 11.2. The molecule has 0 aliphatic heterocycles. The van der Waals surface area contributed by atoms with Crippen LogP contribution < -0.4 is 5.32 Å². The Morgan fingerprint density at radius 1 is 1.19 bits per heavy atom. The van der Waals surface area contributed by atoms with Gasteiger partial charge in [0.2, 0.25) is 0 Å². The van der Waals surface area contributed by atoms with Gasteiger partial charge in [0.05, 0.1) is 6.54 Å². The lowest BCUT2D eigenvalue weighted by molar-refractivity contribution is 0.401. The summed E-state index contributed by atoms with van der Waals surface area (Å²) in [5.74, 6) is 2.04. The monoisotopic (exact) mass is 224 g/mol. The van der Waals surface area contributed by atoms with Crippen LogP contribution >= 0.6 is 0 Å². The Balaban J connectivity index is 2.55. The van der Waals surface area contributed by atoms with E-state index < -0.39 is 0 Å². The number of nitrogens with one attached hydrogen (secondary N) is 1. The molecule has 0 radical (unpaired) electrons. The summed E-state index contributed by atoms with van der Waals surface area (Å²) in [6.07, 6.45) is 1.86. The van der Waals surface area contributed by atoms with E-state index in [1.165, 1.54) is 0 Å². The third kappa shape index (κ3) is 3.93. The van der Waals surface area contributed by atoms with Gasteiger partial charge >= 0.3 is 0 Å². The fourth-order valence-electron chi connectivity index (χ4n) is 1.55. The number of rotatable bonds is 5. The molecule has 0 saturated carbocycles. The van der Waals surface area contributed by atoms with Gasteiger partial charge in [-0.05, 0) is 20.8 Å². The zero-order chi connectivity index (χ0) is 12.2. The third-order valence-electron chi connectivity index (χ3n) is 2.40. The van der Waals surface area contributed by atoms with Crippen molar-refractivity contribution in [3.63, 3.8) is 0 Å². The largest absolute Gasteiger partial charge is 0.310 e. The molecule has 0 aliphatic rings. The Morgan fingerprint density at radius 3 is 2.38 bits per heavy atom.